The maximum absolute atomic E-state index is 12.6. The summed E-state index contributed by atoms with van der Waals surface area (Å²) in [5, 5.41) is 0.873. The first kappa shape index (κ1) is 14.3. The van der Waals surface area contributed by atoms with E-state index >= 15 is 0 Å². The van der Waals surface area contributed by atoms with Gasteiger partial charge in [-0.05, 0) is 18.6 Å². The molecule has 2 N–H and O–H groups in total. The number of nitrogens with zero attached hydrogens (tertiary/aromatic N) is 2. The molecule has 2 heterocycles. The van der Waals surface area contributed by atoms with Crippen LogP contribution in [0.2, 0.25) is 0 Å². The predicted octanol–water partition coefficient (Wildman–Crippen LogP) is 3.00. The zero-order chi connectivity index (χ0) is 14.7. The van der Waals surface area contributed by atoms with Crippen molar-refractivity contribution in [1.82, 2.24) is 9.88 Å². The van der Waals surface area contributed by atoms with E-state index in [1.807, 2.05) is 13.0 Å². The quantitative estimate of drug-likeness (QED) is 0.860. The van der Waals surface area contributed by atoms with Crippen molar-refractivity contribution in [2.24, 2.45) is 0 Å². The number of rotatable bonds is 5. The standard InChI is InChI=1S/C15H17N3OS/c1-4-8-18(9-5-2)15(19)13-12(16)11-10(3)6-7-17-14(11)20-13/h4-7H,1-2,8-9,16H2,3H3. The number of fused-ring (bicyclic) bond motifs is 1. The molecular formula is C15H17N3OS. The van der Waals surface area contributed by atoms with Gasteiger partial charge in [-0.25, -0.2) is 4.98 Å². The van der Waals surface area contributed by atoms with Gasteiger partial charge in [-0.3, -0.25) is 4.79 Å². The maximum atomic E-state index is 12.6. The molecule has 0 aliphatic rings. The molecule has 1 amide bonds. The summed E-state index contributed by atoms with van der Waals surface area (Å²) in [5.74, 6) is -0.107. The van der Waals surface area contributed by atoms with E-state index in [2.05, 4.69) is 18.1 Å². The largest absolute Gasteiger partial charge is 0.397 e. The number of nitrogens with two attached hydrogens (primary N) is 1. The van der Waals surface area contributed by atoms with Gasteiger partial charge >= 0.3 is 0 Å². The molecule has 20 heavy (non-hydrogen) atoms. The van der Waals surface area contributed by atoms with Crippen LogP contribution in [0.15, 0.2) is 37.6 Å². The molecule has 0 saturated heterocycles. The van der Waals surface area contributed by atoms with E-state index in [0.717, 1.165) is 15.8 Å². The van der Waals surface area contributed by atoms with Gasteiger partial charge in [0.05, 0.1) is 5.69 Å². The van der Waals surface area contributed by atoms with Gasteiger partial charge in [-0.1, -0.05) is 12.2 Å². The Morgan fingerprint density at radius 3 is 2.65 bits per heavy atom. The number of amides is 1. The highest BCUT2D eigenvalue weighted by Gasteiger charge is 2.22. The van der Waals surface area contributed by atoms with Crippen LogP contribution in [0.25, 0.3) is 10.2 Å². The molecule has 0 atom stereocenters. The minimum Gasteiger partial charge on any atom is -0.397 e. The van der Waals surface area contributed by atoms with Gasteiger partial charge in [-0.15, -0.1) is 24.5 Å². The lowest BCUT2D eigenvalue weighted by molar-refractivity contribution is 0.0796. The van der Waals surface area contributed by atoms with Crippen molar-refractivity contribution in [1.29, 1.82) is 0 Å². The fourth-order valence-corrected chi connectivity index (χ4v) is 3.17. The molecule has 0 fully saturated rings. The van der Waals surface area contributed by atoms with Crippen LogP contribution in [-0.2, 0) is 0 Å². The van der Waals surface area contributed by atoms with Crippen molar-refractivity contribution in [3.8, 4) is 0 Å². The van der Waals surface area contributed by atoms with Crippen molar-refractivity contribution in [3.05, 3.63) is 48.0 Å². The highest BCUT2D eigenvalue weighted by molar-refractivity contribution is 7.21. The highest BCUT2D eigenvalue weighted by atomic mass is 32.1. The van der Waals surface area contributed by atoms with Gasteiger partial charge in [-0.2, -0.15) is 0 Å². The lowest BCUT2D eigenvalue weighted by Crippen LogP contribution is -2.31. The molecule has 0 unspecified atom stereocenters. The Morgan fingerprint density at radius 1 is 1.45 bits per heavy atom. The molecule has 104 valence electrons. The Morgan fingerprint density at radius 2 is 2.10 bits per heavy atom. The summed E-state index contributed by atoms with van der Waals surface area (Å²) in [6, 6.07) is 1.89. The smallest absolute Gasteiger partial charge is 0.266 e. The van der Waals surface area contributed by atoms with Gasteiger partial charge in [0.1, 0.15) is 9.71 Å². The van der Waals surface area contributed by atoms with Crippen molar-refractivity contribution in [2.75, 3.05) is 18.8 Å². The number of pyridine rings is 1. The average molecular weight is 287 g/mol. The molecule has 0 spiro atoms. The second-order valence-electron chi connectivity index (χ2n) is 4.44. The van der Waals surface area contributed by atoms with Crippen molar-refractivity contribution in [2.45, 2.75) is 6.92 Å². The molecule has 0 saturated carbocycles. The zero-order valence-electron chi connectivity index (χ0n) is 11.4. The van der Waals surface area contributed by atoms with Gasteiger partial charge in [0.15, 0.2) is 0 Å². The summed E-state index contributed by atoms with van der Waals surface area (Å²) >= 11 is 1.33. The van der Waals surface area contributed by atoms with E-state index in [0.29, 0.717) is 23.7 Å². The van der Waals surface area contributed by atoms with Crippen LogP contribution in [0.1, 0.15) is 15.2 Å². The first-order chi connectivity index (χ1) is 9.60. The van der Waals surface area contributed by atoms with E-state index < -0.39 is 0 Å². The van der Waals surface area contributed by atoms with E-state index in [1.165, 1.54) is 11.3 Å². The molecule has 0 aromatic carbocycles. The molecule has 0 bridgehead atoms. The summed E-state index contributed by atoms with van der Waals surface area (Å²) in [5.41, 5.74) is 7.68. The van der Waals surface area contributed by atoms with Gasteiger partial charge in [0.25, 0.3) is 5.91 Å². The van der Waals surface area contributed by atoms with E-state index in [-0.39, 0.29) is 5.91 Å². The van der Waals surface area contributed by atoms with Crippen LogP contribution in [0.3, 0.4) is 0 Å². The predicted molar refractivity (Wildman–Crippen MR) is 85.1 cm³/mol. The lowest BCUT2D eigenvalue weighted by Gasteiger charge is -2.18. The molecule has 2 rings (SSSR count). The summed E-state index contributed by atoms with van der Waals surface area (Å²) in [6.07, 6.45) is 5.11. The molecule has 0 aliphatic carbocycles. The maximum Gasteiger partial charge on any atom is 0.266 e. The minimum absolute atomic E-state index is 0.107. The minimum atomic E-state index is -0.107. The number of nitrogen functional groups attached to an aromatic ring is 1. The number of carbonyl (C=O) groups is 1. The number of aryl methyl sites for hydroxylation is 1. The number of thiophene rings is 1. The van der Waals surface area contributed by atoms with Crippen molar-refractivity contribution >= 4 is 33.1 Å². The normalized spacial score (nSPS) is 10.4. The SMILES string of the molecule is C=CCN(CC=C)C(=O)c1sc2nccc(C)c2c1N. The fraction of sp³-hybridized carbons (Fsp3) is 0.200. The number of hydrogen-bond acceptors (Lipinski definition) is 4. The summed E-state index contributed by atoms with van der Waals surface area (Å²) in [7, 11) is 0. The molecule has 5 heteroatoms. The van der Waals surface area contributed by atoms with Crippen LogP contribution < -0.4 is 5.73 Å². The van der Waals surface area contributed by atoms with E-state index in [4.69, 9.17) is 5.73 Å². The first-order valence-electron chi connectivity index (χ1n) is 6.24. The monoisotopic (exact) mass is 287 g/mol. The van der Waals surface area contributed by atoms with E-state index in [9.17, 15) is 4.79 Å². The summed E-state index contributed by atoms with van der Waals surface area (Å²) in [6.45, 7) is 10.2. The van der Waals surface area contributed by atoms with Crippen LogP contribution >= 0.6 is 11.3 Å². The molecule has 2 aromatic rings. The molecule has 4 nitrogen and oxygen atoms in total. The van der Waals surface area contributed by atoms with Gasteiger partial charge in [0, 0.05) is 24.7 Å². The third-order valence-electron chi connectivity index (χ3n) is 3.02. The highest BCUT2D eigenvalue weighted by Crippen LogP contribution is 2.34. The van der Waals surface area contributed by atoms with Gasteiger partial charge in [0.2, 0.25) is 0 Å². The topological polar surface area (TPSA) is 59.2 Å². The second kappa shape index (κ2) is 5.88. The number of hydrogen-bond donors (Lipinski definition) is 1. The zero-order valence-corrected chi connectivity index (χ0v) is 12.2. The molecule has 2 aromatic heterocycles. The second-order valence-corrected chi connectivity index (χ2v) is 5.44. The lowest BCUT2D eigenvalue weighted by atomic mass is 10.1. The van der Waals surface area contributed by atoms with E-state index in [1.54, 1.807) is 23.2 Å². The first-order valence-corrected chi connectivity index (χ1v) is 7.06. The Bertz CT molecular complexity index is 665. The van der Waals surface area contributed by atoms with Crippen molar-refractivity contribution in [3.63, 3.8) is 0 Å². The number of anilines is 1. The van der Waals surface area contributed by atoms with Crippen molar-refractivity contribution < 1.29 is 4.79 Å². The third-order valence-corrected chi connectivity index (χ3v) is 4.12. The van der Waals surface area contributed by atoms with Crippen LogP contribution in [0.5, 0.6) is 0 Å². The Hall–Kier alpha value is -2.14. The molecule has 0 radical (unpaired) electrons. The molecule has 0 aliphatic heterocycles. The van der Waals surface area contributed by atoms with Gasteiger partial charge < -0.3 is 10.6 Å². The Kier molecular flexibility index (Phi) is 4.20. The Labute approximate surface area is 122 Å². The average Bonchev–Trinajstić information content (AvgIpc) is 2.76. The number of carbonyl (C=O) groups excluding carboxylic acids is 1. The van der Waals surface area contributed by atoms with Crippen LogP contribution in [0.4, 0.5) is 5.69 Å². The fourth-order valence-electron chi connectivity index (χ4n) is 2.06. The Balaban J connectivity index is 2.49. The summed E-state index contributed by atoms with van der Waals surface area (Å²) in [4.78, 5) is 19.8. The summed E-state index contributed by atoms with van der Waals surface area (Å²) < 4.78 is 0. The van der Waals surface area contributed by atoms with Crippen LogP contribution in [0, 0.1) is 6.92 Å². The van der Waals surface area contributed by atoms with Crippen LogP contribution in [-0.4, -0.2) is 28.9 Å². The third kappa shape index (κ3) is 2.44. The molecular weight excluding hydrogens is 270 g/mol. The number of aromatic nitrogens is 1.